The van der Waals surface area contributed by atoms with E-state index >= 15 is 0 Å². The number of anilines is 12. The number of hydrogen-bond donors (Lipinski definition) is 0. The van der Waals surface area contributed by atoms with Gasteiger partial charge in [0.2, 0.25) is 0 Å². The third-order valence-corrected chi connectivity index (χ3v) is 10.2. The number of para-hydroxylation sites is 8. The first-order valence-corrected chi connectivity index (χ1v) is 16.3. The summed E-state index contributed by atoms with van der Waals surface area (Å²) in [6.45, 7) is 0.0735. The second-order valence-electron chi connectivity index (χ2n) is 12.6. The van der Waals surface area contributed by atoms with Crippen molar-refractivity contribution in [2.45, 2.75) is 0 Å². The van der Waals surface area contributed by atoms with Crippen molar-refractivity contribution in [2.75, 3.05) is 19.6 Å². The summed E-state index contributed by atoms with van der Waals surface area (Å²) in [5, 5.41) is 0. The zero-order chi connectivity index (χ0) is 30.6. The van der Waals surface area contributed by atoms with Crippen LogP contribution in [0.3, 0.4) is 0 Å². The minimum atomic E-state index is 0.0735. The predicted octanol–water partition coefficient (Wildman–Crippen LogP) is 9.34. The summed E-state index contributed by atoms with van der Waals surface area (Å²) < 4.78 is 0. The van der Waals surface area contributed by atoms with E-state index in [2.05, 4.69) is 183 Å². The van der Waals surface area contributed by atoms with Gasteiger partial charge >= 0.3 is 0 Å². The van der Waals surface area contributed by atoms with Gasteiger partial charge in [0, 0.05) is 22.7 Å². The molecule has 0 amide bonds. The van der Waals surface area contributed by atoms with E-state index in [4.69, 9.17) is 0 Å². The fourth-order valence-electron chi connectivity index (χ4n) is 8.51. The summed E-state index contributed by atoms with van der Waals surface area (Å²) in [6, 6.07) is 59.9. The molecule has 0 N–H and O–H groups in total. The van der Waals surface area contributed by atoms with Crippen molar-refractivity contribution in [3.8, 4) is 0 Å². The molecule has 4 nitrogen and oxygen atoms in total. The Hall–Kier alpha value is -6.20. The van der Waals surface area contributed by atoms with Crippen LogP contribution in [0.25, 0.3) is 0 Å². The quantitative estimate of drug-likeness (QED) is 0.184. The molecule has 0 aliphatic carbocycles. The minimum Gasteiger partial charge on any atom is -0.307 e. The van der Waals surface area contributed by atoms with Gasteiger partial charge in [0.1, 0.15) is 0 Å². The lowest BCUT2D eigenvalue weighted by atomic mass is 9.33. The van der Waals surface area contributed by atoms with Gasteiger partial charge in [-0.2, -0.15) is 0 Å². The van der Waals surface area contributed by atoms with Gasteiger partial charge in [0.05, 0.1) is 45.5 Å². The summed E-state index contributed by atoms with van der Waals surface area (Å²) >= 11 is 0. The molecule has 4 heterocycles. The summed E-state index contributed by atoms with van der Waals surface area (Å²) in [4.78, 5) is 9.91. The van der Waals surface area contributed by atoms with E-state index in [9.17, 15) is 0 Å². The summed E-state index contributed by atoms with van der Waals surface area (Å²) in [7, 11) is 0. The molecule has 4 aliphatic heterocycles. The maximum Gasteiger partial charge on any atom is 0.252 e. The Morgan fingerprint density at radius 2 is 0.617 bits per heavy atom. The maximum atomic E-state index is 2.52. The largest absolute Gasteiger partial charge is 0.307 e. The topological polar surface area (TPSA) is 13.0 Å². The van der Waals surface area contributed by atoms with Crippen LogP contribution in [0.2, 0.25) is 0 Å². The molecule has 0 unspecified atom stereocenters. The van der Waals surface area contributed by atoms with E-state index in [1.807, 2.05) is 0 Å². The molecule has 0 saturated carbocycles. The Kier molecular flexibility index (Phi) is 4.89. The Labute approximate surface area is 274 Å². The van der Waals surface area contributed by atoms with E-state index < -0.39 is 0 Å². The molecule has 0 bridgehead atoms. The van der Waals surface area contributed by atoms with E-state index in [1.165, 1.54) is 73.3 Å². The predicted molar refractivity (Wildman–Crippen MR) is 197 cm³/mol. The van der Waals surface area contributed by atoms with E-state index in [-0.39, 0.29) is 6.71 Å². The molecule has 5 heteroatoms. The van der Waals surface area contributed by atoms with Gasteiger partial charge in [0.15, 0.2) is 0 Å². The summed E-state index contributed by atoms with van der Waals surface area (Å²) in [5.41, 5.74) is 18.5. The van der Waals surface area contributed by atoms with Crippen LogP contribution in [0.15, 0.2) is 164 Å². The molecule has 0 radical (unpaired) electrons. The maximum absolute atomic E-state index is 2.52. The van der Waals surface area contributed by atoms with Gasteiger partial charge in [-0.15, -0.1) is 0 Å². The monoisotopic (exact) mass is 598 g/mol. The van der Waals surface area contributed by atoms with Gasteiger partial charge in [-0.05, 0) is 89.2 Å². The fourth-order valence-corrected chi connectivity index (χ4v) is 8.51. The van der Waals surface area contributed by atoms with Gasteiger partial charge < -0.3 is 19.6 Å². The smallest absolute Gasteiger partial charge is 0.252 e. The second kappa shape index (κ2) is 9.18. The zero-order valence-electron chi connectivity index (χ0n) is 25.5. The third-order valence-electron chi connectivity index (χ3n) is 10.2. The lowest BCUT2D eigenvalue weighted by Crippen LogP contribution is -2.62. The van der Waals surface area contributed by atoms with Crippen LogP contribution in [0.4, 0.5) is 68.2 Å². The van der Waals surface area contributed by atoms with Crippen molar-refractivity contribution in [2.24, 2.45) is 0 Å². The average molecular weight is 599 g/mol. The molecule has 0 saturated heterocycles. The van der Waals surface area contributed by atoms with Crippen LogP contribution in [-0.4, -0.2) is 6.71 Å². The van der Waals surface area contributed by atoms with Crippen LogP contribution in [0, 0.1) is 0 Å². The van der Waals surface area contributed by atoms with Crippen molar-refractivity contribution < 1.29 is 0 Å². The third kappa shape index (κ3) is 3.18. The fraction of sp³-hybridized carbons (Fsp3) is 0. The first kappa shape index (κ1) is 25.0. The average Bonchev–Trinajstić information content (AvgIpc) is 3.14. The highest BCUT2D eigenvalue weighted by molar-refractivity contribution is 7.00. The number of fused-ring (bicyclic) bond motifs is 8. The highest BCUT2D eigenvalue weighted by atomic mass is 15.3. The first-order chi connectivity index (χ1) is 23.4. The summed E-state index contributed by atoms with van der Waals surface area (Å²) in [6.07, 6.45) is 0. The molecule has 7 aromatic carbocycles. The van der Waals surface area contributed by atoms with Crippen molar-refractivity contribution in [1.82, 2.24) is 0 Å². The molecular weight excluding hydrogens is 571 g/mol. The highest BCUT2D eigenvalue weighted by Gasteiger charge is 2.48. The Morgan fingerprint density at radius 3 is 1.06 bits per heavy atom. The molecule has 0 aromatic heterocycles. The molecular formula is C42H27BN4. The minimum absolute atomic E-state index is 0.0735. The van der Waals surface area contributed by atoms with Crippen molar-refractivity contribution >= 4 is 91.3 Å². The zero-order valence-corrected chi connectivity index (χ0v) is 25.5. The Morgan fingerprint density at radius 1 is 0.277 bits per heavy atom. The molecule has 7 aromatic rings. The normalized spacial score (nSPS) is 14.2. The number of benzene rings is 7. The van der Waals surface area contributed by atoms with Gasteiger partial charge in [0.25, 0.3) is 6.71 Å². The molecule has 0 atom stereocenters. The van der Waals surface area contributed by atoms with Crippen LogP contribution < -0.4 is 36.0 Å². The van der Waals surface area contributed by atoms with Crippen LogP contribution in [0.1, 0.15) is 0 Å². The highest BCUT2D eigenvalue weighted by Crippen LogP contribution is 2.58. The van der Waals surface area contributed by atoms with Gasteiger partial charge in [-0.3, -0.25) is 0 Å². The second-order valence-corrected chi connectivity index (χ2v) is 12.6. The SMILES string of the molecule is c1ccc(N2c3ccccc3N3c4cccc5c4B(c4cccc2c43)c2cccc3c2N5c2ccccc2N3c2ccccc2)cc1. The van der Waals surface area contributed by atoms with E-state index in [0.29, 0.717) is 0 Å². The Balaban J connectivity index is 1.24. The first-order valence-electron chi connectivity index (χ1n) is 16.3. The van der Waals surface area contributed by atoms with Crippen LogP contribution >= 0.6 is 0 Å². The number of nitrogens with zero attached hydrogens (tertiary/aromatic N) is 4. The molecule has 11 rings (SSSR count). The van der Waals surface area contributed by atoms with E-state index in [1.54, 1.807) is 0 Å². The van der Waals surface area contributed by atoms with E-state index in [0.717, 1.165) is 11.4 Å². The summed E-state index contributed by atoms with van der Waals surface area (Å²) in [5.74, 6) is 0. The molecule has 218 valence electrons. The molecule has 0 spiro atoms. The molecule has 4 aliphatic rings. The number of rotatable bonds is 2. The van der Waals surface area contributed by atoms with Crippen LogP contribution in [-0.2, 0) is 0 Å². The number of hydrogen-bond acceptors (Lipinski definition) is 4. The van der Waals surface area contributed by atoms with Crippen LogP contribution in [0.5, 0.6) is 0 Å². The lowest BCUT2D eigenvalue weighted by Gasteiger charge is -2.50. The lowest BCUT2D eigenvalue weighted by molar-refractivity contribution is 1.16. The standard InChI is InChI=1S/C42H27BN4/c1-3-14-28(15-4-1)44-32-20-7-9-22-34(32)46-36-24-13-25-37-40(36)43(30-18-11-26-38(44)41(30)46)31-19-12-27-39-42(31)47(37)35-23-10-8-21-33(35)45(39)29-16-5-2-6-17-29/h1-27H. The van der Waals surface area contributed by atoms with Gasteiger partial charge in [-0.1, -0.05) is 91.0 Å². The molecule has 47 heavy (non-hydrogen) atoms. The Bertz CT molecular complexity index is 2240. The molecule has 0 fully saturated rings. The van der Waals surface area contributed by atoms with Crippen molar-refractivity contribution in [3.63, 3.8) is 0 Å². The van der Waals surface area contributed by atoms with Gasteiger partial charge in [-0.25, -0.2) is 0 Å². The van der Waals surface area contributed by atoms with Crippen molar-refractivity contribution in [3.05, 3.63) is 164 Å². The van der Waals surface area contributed by atoms with Crippen molar-refractivity contribution in [1.29, 1.82) is 0 Å².